The van der Waals surface area contributed by atoms with E-state index in [9.17, 15) is 5.11 Å². The summed E-state index contributed by atoms with van der Waals surface area (Å²) in [7, 11) is 0. The summed E-state index contributed by atoms with van der Waals surface area (Å²) in [5.41, 5.74) is 2.25. The van der Waals surface area contributed by atoms with Crippen molar-refractivity contribution in [3.63, 3.8) is 0 Å². The van der Waals surface area contributed by atoms with Crippen LogP contribution in [0.2, 0.25) is 0 Å². The Bertz CT molecular complexity index is 514. The highest BCUT2D eigenvalue weighted by molar-refractivity contribution is 7.09. The first kappa shape index (κ1) is 12.7. The van der Waals surface area contributed by atoms with E-state index in [0.29, 0.717) is 6.04 Å². The van der Waals surface area contributed by atoms with E-state index in [0.717, 1.165) is 12.1 Å². The lowest BCUT2D eigenvalue weighted by molar-refractivity contribution is 0.199. The van der Waals surface area contributed by atoms with Gasteiger partial charge in [-0.2, -0.15) is 0 Å². The van der Waals surface area contributed by atoms with Crippen molar-refractivity contribution in [2.75, 3.05) is 4.90 Å². The van der Waals surface area contributed by atoms with Gasteiger partial charge in [-0.15, -0.1) is 11.3 Å². The molecule has 2 nitrogen and oxygen atoms in total. The molecule has 1 N–H and O–H groups in total. The molecule has 1 saturated carbocycles. The number of anilines is 1. The van der Waals surface area contributed by atoms with Crippen LogP contribution in [0.5, 0.6) is 0 Å². The largest absolute Gasteiger partial charge is 0.389 e. The number of aliphatic hydroxyl groups is 1. The predicted octanol–water partition coefficient (Wildman–Crippen LogP) is 3.97. The highest BCUT2D eigenvalue weighted by atomic mass is 32.1. The first-order valence-corrected chi connectivity index (χ1v) is 7.69. The van der Waals surface area contributed by atoms with Crippen molar-refractivity contribution in [2.24, 2.45) is 0 Å². The molecule has 1 heterocycles. The molecule has 19 heavy (non-hydrogen) atoms. The molecule has 3 heteroatoms. The van der Waals surface area contributed by atoms with E-state index in [2.05, 4.69) is 34.5 Å². The molecular weight excluding hydrogens is 254 g/mol. The van der Waals surface area contributed by atoms with Crippen LogP contribution in [0.4, 0.5) is 5.69 Å². The van der Waals surface area contributed by atoms with Crippen molar-refractivity contribution in [1.82, 2.24) is 0 Å². The zero-order valence-electron chi connectivity index (χ0n) is 11.1. The molecular formula is C16H19NOS. The summed E-state index contributed by atoms with van der Waals surface area (Å²) in [4.78, 5) is 3.89. The van der Waals surface area contributed by atoms with Gasteiger partial charge in [-0.05, 0) is 48.9 Å². The summed E-state index contributed by atoms with van der Waals surface area (Å²) in [6, 6.07) is 13.3. The van der Waals surface area contributed by atoms with Crippen molar-refractivity contribution in [3.05, 3.63) is 52.2 Å². The fourth-order valence-corrected chi connectivity index (χ4v) is 3.03. The molecule has 0 amide bonds. The standard InChI is InChI=1S/C16H19NOS/c1-12(18)13-4-6-14(7-5-13)17(15-8-9-15)11-16-3-2-10-19-16/h2-7,10,12,15,18H,8-9,11H2,1H3. The van der Waals surface area contributed by atoms with Gasteiger partial charge in [0.2, 0.25) is 0 Å². The Labute approximate surface area is 118 Å². The van der Waals surface area contributed by atoms with Crippen LogP contribution in [-0.2, 0) is 6.54 Å². The van der Waals surface area contributed by atoms with E-state index in [4.69, 9.17) is 0 Å². The van der Waals surface area contributed by atoms with E-state index in [1.165, 1.54) is 23.4 Å². The molecule has 1 fully saturated rings. The van der Waals surface area contributed by atoms with Gasteiger partial charge in [0.15, 0.2) is 0 Å². The molecule has 1 unspecified atom stereocenters. The van der Waals surface area contributed by atoms with Gasteiger partial charge in [0.05, 0.1) is 12.6 Å². The van der Waals surface area contributed by atoms with Gasteiger partial charge < -0.3 is 10.0 Å². The van der Waals surface area contributed by atoms with Gasteiger partial charge in [-0.25, -0.2) is 0 Å². The van der Waals surface area contributed by atoms with Gasteiger partial charge in [-0.3, -0.25) is 0 Å². The lowest BCUT2D eigenvalue weighted by Gasteiger charge is -2.24. The minimum absolute atomic E-state index is 0.388. The Morgan fingerprint density at radius 2 is 2.00 bits per heavy atom. The van der Waals surface area contributed by atoms with Gasteiger partial charge in [0.25, 0.3) is 0 Å². The molecule has 0 saturated heterocycles. The number of nitrogens with zero attached hydrogens (tertiary/aromatic N) is 1. The van der Waals surface area contributed by atoms with Crippen molar-refractivity contribution < 1.29 is 5.11 Å². The maximum absolute atomic E-state index is 9.57. The van der Waals surface area contributed by atoms with Crippen molar-refractivity contribution in [3.8, 4) is 0 Å². The van der Waals surface area contributed by atoms with Crippen LogP contribution >= 0.6 is 11.3 Å². The topological polar surface area (TPSA) is 23.5 Å². The first-order valence-electron chi connectivity index (χ1n) is 6.81. The first-order chi connectivity index (χ1) is 9.24. The van der Waals surface area contributed by atoms with E-state index in [1.54, 1.807) is 6.92 Å². The highest BCUT2D eigenvalue weighted by Crippen LogP contribution is 2.34. The summed E-state index contributed by atoms with van der Waals surface area (Å²) in [6.45, 7) is 2.80. The van der Waals surface area contributed by atoms with Gasteiger partial charge in [0, 0.05) is 16.6 Å². The van der Waals surface area contributed by atoms with E-state index >= 15 is 0 Å². The maximum atomic E-state index is 9.57. The van der Waals surface area contributed by atoms with Crippen LogP contribution in [0, 0.1) is 0 Å². The fourth-order valence-electron chi connectivity index (χ4n) is 2.33. The quantitative estimate of drug-likeness (QED) is 0.891. The summed E-state index contributed by atoms with van der Waals surface area (Å²) in [5, 5.41) is 11.7. The van der Waals surface area contributed by atoms with Crippen LogP contribution in [0.25, 0.3) is 0 Å². The highest BCUT2D eigenvalue weighted by Gasteiger charge is 2.29. The molecule has 1 aromatic heterocycles. The number of rotatable bonds is 5. The molecule has 1 atom stereocenters. The summed E-state index contributed by atoms with van der Waals surface area (Å²) < 4.78 is 0. The number of aliphatic hydroxyl groups excluding tert-OH is 1. The van der Waals surface area contributed by atoms with Crippen LogP contribution in [0.15, 0.2) is 41.8 Å². The average molecular weight is 273 g/mol. The van der Waals surface area contributed by atoms with Crippen LogP contribution in [0.1, 0.15) is 36.3 Å². The van der Waals surface area contributed by atoms with Gasteiger partial charge in [0.1, 0.15) is 0 Å². The molecule has 0 aliphatic heterocycles. The van der Waals surface area contributed by atoms with Crippen LogP contribution in [0.3, 0.4) is 0 Å². The molecule has 1 aromatic carbocycles. The smallest absolute Gasteiger partial charge is 0.0761 e. The summed E-state index contributed by atoms with van der Waals surface area (Å²) in [5.74, 6) is 0. The van der Waals surface area contributed by atoms with E-state index in [1.807, 2.05) is 23.5 Å². The molecule has 0 bridgehead atoms. The lowest BCUT2D eigenvalue weighted by Crippen LogP contribution is -2.24. The SMILES string of the molecule is CC(O)c1ccc(N(Cc2cccs2)C2CC2)cc1. The number of hydrogen-bond donors (Lipinski definition) is 1. The lowest BCUT2D eigenvalue weighted by atomic mass is 10.1. The number of benzene rings is 1. The molecule has 0 spiro atoms. The third-order valence-corrected chi connectivity index (χ3v) is 4.46. The summed E-state index contributed by atoms with van der Waals surface area (Å²) >= 11 is 1.82. The second-order valence-electron chi connectivity index (χ2n) is 5.21. The second kappa shape index (κ2) is 5.35. The second-order valence-corrected chi connectivity index (χ2v) is 6.24. The normalized spacial score (nSPS) is 16.3. The van der Waals surface area contributed by atoms with Gasteiger partial charge in [-0.1, -0.05) is 18.2 Å². The monoisotopic (exact) mass is 273 g/mol. The Kier molecular flexibility index (Phi) is 3.58. The fraction of sp³-hybridized carbons (Fsp3) is 0.375. The Hall–Kier alpha value is -1.32. The third kappa shape index (κ3) is 2.99. The summed E-state index contributed by atoms with van der Waals surface area (Å²) in [6.07, 6.45) is 2.20. The molecule has 0 radical (unpaired) electrons. The molecule has 3 rings (SSSR count). The zero-order chi connectivity index (χ0) is 13.2. The van der Waals surface area contributed by atoms with E-state index < -0.39 is 0 Å². The average Bonchev–Trinajstić information content (AvgIpc) is 3.13. The number of hydrogen-bond acceptors (Lipinski definition) is 3. The Balaban J connectivity index is 1.79. The maximum Gasteiger partial charge on any atom is 0.0761 e. The van der Waals surface area contributed by atoms with Crippen LogP contribution < -0.4 is 4.90 Å². The Morgan fingerprint density at radius 3 is 2.53 bits per heavy atom. The molecule has 1 aliphatic carbocycles. The van der Waals surface area contributed by atoms with Gasteiger partial charge >= 0.3 is 0 Å². The molecule has 1 aliphatic rings. The van der Waals surface area contributed by atoms with Crippen LogP contribution in [-0.4, -0.2) is 11.1 Å². The molecule has 2 aromatic rings. The minimum atomic E-state index is -0.388. The molecule has 100 valence electrons. The van der Waals surface area contributed by atoms with Crippen molar-refractivity contribution >= 4 is 17.0 Å². The van der Waals surface area contributed by atoms with Crippen molar-refractivity contribution in [1.29, 1.82) is 0 Å². The van der Waals surface area contributed by atoms with Crippen molar-refractivity contribution in [2.45, 2.75) is 38.5 Å². The van der Waals surface area contributed by atoms with E-state index in [-0.39, 0.29) is 6.10 Å². The minimum Gasteiger partial charge on any atom is -0.389 e. The number of thiophene rings is 1. The zero-order valence-corrected chi connectivity index (χ0v) is 11.9. The third-order valence-electron chi connectivity index (χ3n) is 3.60. The predicted molar refractivity (Wildman–Crippen MR) is 80.6 cm³/mol. The Morgan fingerprint density at radius 1 is 1.26 bits per heavy atom.